The molecule has 3 heteroatoms. The fourth-order valence-electron chi connectivity index (χ4n) is 1.82. The largest absolute Gasteiger partial charge is 0.377 e. The van der Waals surface area contributed by atoms with Gasteiger partial charge in [-0.3, -0.25) is 0 Å². The number of likely N-dealkylation sites (N-methyl/N-ethyl adjacent to an activating group) is 1. The van der Waals surface area contributed by atoms with Crippen LogP contribution in [0.3, 0.4) is 0 Å². The third-order valence-corrected chi connectivity index (χ3v) is 4.11. The number of aryl methyl sites for hydroxylation is 1. The number of hydrogen-bond acceptors (Lipinski definition) is 3. The number of rotatable bonds is 7. The Balaban J connectivity index is 2.55. The van der Waals surface area contributed by atoms with Crippen molar-refractivity contribution in [1.82, 2.24) is 5.32 Å². The van der Waals surface area contributed by atoms with Crippen LogP contribution in [0, 0.1) is 0 Å². The van der Waals surface area contributed by atoms with Gasteiger partial charge in [-0.05, 0) is 45.9 Å². The normalized spacial score (nSPS) is 15.0. The molecule has 1 N–H and O–H groups in total. The second-order valence-corrected chi connectivity index (χ2v) is 5.23. The van der Waals surface area contributed by atoms with E-state index >= 15 is 0 Å². The van der Waals surface area contributed by atoms with Crippen molar-refractivity contribution in [3.05, 3.63) is 21.9 Å². The molecule has 0 fully saturated rings. The van der Waals surface area contributed by atoms with Gasteiger partial charge in [0.1, 0.15) is 0 Å². The van der Waals surface area contributed by atoms with Gasteiger partial charge in [0.15, 0.2) is 0 Å². The van der Waals surface area contributed by atoms with Crippen LogP contribution < -0.4 is 5.32 Å². The van der Waals surface area contributed by atoms with E-state index in [1.54, 1.807) is 0 Å². The fourth-order valence-corrected chi connectivity index (χ4v) is 2.84. The topological polar surface area (TPSA) is 21.3 Å². The first-order chi connectivity index (χ1) is 7.71. The highest BCUT2D eigenvalue weighted by Gasteiger charge is 2.16. The summed E-state index contributed by atoms with van der Waals surface area (Å²) in [5.74, 6) is 0. The summed E-state index contributed by atoms with van der Waals surface area (Å²) in [5.41, 5.74) is 0. The van der Waals surface area contributed by atoms with E-state index < -0.39 is 0 Å². The molecule has 0 bridgehead atoms. The average molecular weight is 241 g/mol. The average Bonchev–Trinajstić information content (AvgIpc) is 2.73. The Morgan fingerprint density at radius 3 is 2.50 bits per heavy atom. The van der Waals surface area contributed by atoms with Crippen molar-refractivity contribution in [1.29, 1.82) is 0 Å². The molecule has 0 spiro atoms. The van der Waals surface area contributed by atoms with Gasteiger partial charge in [0.2, 0.25) is 0 Å². The first-order valence-electron chi connectivity index (χ1n) is 6.07. The molecule has 2 atom stereocenters. The van der Waals surface area contributed by atoms with Crippen molar-refractivity contribution in [3.8, 4) is 0 Å². The van der Waals surface area contributed by atoms with Gasteiger partial charge in [0, 0.05) is 22.4 Å². The van der Waals surface area contributed by atoms with Crippen molar-refractivity contribution < 1.29 is 4.74 Å². The van der Waals surface area contributed by atoms with Crippen LogP contribution in [0.1, 0.15) is 30.5 Å². The fraction of sp³-hybridized carbons (Fsp3) is 0.692. The first kappa shape index (κ1) is 13.7. The highest BCUT2D eigenvalue weighted by Crippen LogP contribution is 2.19. The monoisotopic (exact) mass is 241 g/mol. The summed E-state index contributed by atoms with van der Waals surface area (Å²) in [6.45, 7) is 7.17. The summed E-state index contributed by atoms with van der Waals surface area (Å²) in [6.07, 6.45) is 2.46. The lowest BCUT2D eigenvalue weighted by Gasteiger charge is -2.22. The minimum Gasteiger partial charge on any atom is -0.377 e. The molecule has 1 heterocycles. The molecule has 0 saturated carbocycles. The molecule has 92 valence electrons. The van der Waals surface area contributed by atoms with Crippen molar-refractivity contribution in [3.63, 3.8) is 0 Å². The summed E-state index contributed by atoms with van der Waals surface area (Å²) < 4.78 is 5.64. The second-order valence-electron chi connectivity index (χ2n) is 3.98. The molecule has 16 heavy (non-hydrogen) atoms. The highest BCUT2D eigenvalue weighted by molar-refractivity contribution is 7.11. The third-order valence-electron chi connectivity index (χ3n) is 2.85. The van der Waals surface area contributed by atoms with Crippen LogP contribution >= 0.6 is 11.3 Å². The van der Waals surface area contributed by atoms with Gasteiger partial charge in [0.05, 0.1) is 6.10 Å². The molecule has 0 saturated heterocycles. The quantitative estimate of drug-likeness (QED) is 0.792. The van der Waals surface area contributed by atoms with E-state index in [4.69, 9.17) is 4.74 Å². The lowest BCUT2D eigenvalue weighted by molar-refractivity contribution is 0.0499. The van der Waals surface area contributed by atoms with E-state index in [0.717, 1.165) is 19.4 Å². The Morgan fingerprint density at radius 2 is 2.00 bits per heavy atom. The molecule has 0 aliphatic carbocycles. The Morgan fingerprint density at radius 1 is 1.31 bits per heavy atom. The lowest BCUT2D eigenvalue weighted by atomic mass is 10.1. The van der Waals surface area contributed by atoms with Crippen LogP contribution in [-0.4, -0.2) is 25.8 Å². The van der Waals surface area contributed by atoms with Crippen LogP contribution in [0.2, 0.25) is 0 Å². The Kier molecular flexibility index (Phi) is 6.03. The van der Waals surface area contributed by atoms with E-state index in [1.165, 1.54) is 9.75 Å². The number of ether oxygens (including phenoxy) is 1. The summed E-state index contributed by atoms with van der Waals surface area (Å²) in [4.78, 5) is 2.91. The first-order valence-corrected chi connectivity index (χ1v) is 6.89. The van der Waals surface area contributed by atoms with Gasteiger partial charge in [0.25, 0.3) is 0 Å². The van der Waals surface area contributed by atoms with Crippen molar-refractivity contribution >= 4 is 11.3 Å². The number of hydrogen-bond donors (Lipinski definition) is 1. The van der Waals surface area contributed by atoms with Crippen molar-refractivity contribution in [2.45, 2.75) is 45.8 Å². The summed E-state index contributed by atoms with van der Waals surface area (Å²) >= 11 is 1.92. The van der Waals surface area contributed by atoms with Crippen LogP contribution in [0.15, 0.2) is 12.1 Å². The Hall–Kier alpha value is -0.380. The van der Waals surface area contributed by atoms with Crippen LogP contribution in [0.25, 0.3) is 0 Å². The summed E-state index contributed by atoms with van der Waals surface area (Å²) in [6, 6.07) is 4.88. The van der Waals surface area contributed by atoms with Gasteiger partial charge in [-0.25, -0.2) is 0 Å². The summed E-state index contributed by atoms with van der Waals surface area (Å²) in [7, 11) is 2.01. The maximum atomic E-state index is 5.64. The van der Waals surface area contributed by atoms with E-state index in [9.17, 15) is 0 Å². The third kappa shape index (κ3) is 3.89. The lowest BCUT2D eigenvalue weighted by Crippen LogP contribution is -2.39. The van der Waals surface area contributed by atoms with Gasteiger partial charge in [-0.1, -0.05) is 6.92 Å². The van der Waals surface area contributed by atoms with E-state index in [1.807, 2.05) is 25.3 Å². The van der Waals surface area contributed by atoms with E-state index in [-0.39, 0.29) is 6.10 Å². The molecule has 0 amide bonds. The number of nitrogens with one attached hydrogen (secondary N) is 1. The van der Waals surface area contributed by atoms with Gasteiger partial charge >= 0.3 is 0 Å². The Bertz CT molecular complexity index is 298. The maximum absolute atomic E-state index is 5.64. The molecule has 2 unspecified atom stereocenters. The molecule has 0 radical (unpaired) electrons. The molecule has 0 aliphatic heterocycles. The minimum absolute atomic E-state index is 0.266. The summed E-state index contributed by atoms with van der Waals surface area (Å²) in [5, 5.41) is 3.34. The predicted octanol–water partition coefficient (Wildman–Crippen LogP) is 2.87. The highest BCUT2D eigenvalue weighted by atomic mass is 32.1. The van der Waals surface area contributed by atoms with Gasteiger partial charge < -0.3 is 10.1 Å². The zero-order valence-electron chi connectivity index (χ0n) is 10.7. The van der Waals surface area contributed by atoms with Gasteiger partial charge in [-0.15, -0.1) is 11.3 Å². The molecule has 2 nitrogen and oxygen atoms in total. The maximum Gasteiger partial charge on any atom is 0.0703 e. The van der Waals surface area contributed by atoms with Crippen molar-refractivity contribution in [2.75, 3.05) is 13.7 Å². The van der Waals surface area contributed by atoms with Crippen LogP contribution in [-0.2, 0) is 17.6 Å². The number of thiophene rings is 1. The standard InChI is InChI=1S/C13H23NOS/c1-5-11-7-8-12(16-11)9-13(14-4)10(3)15-6-2/h7-8,10,13-14H,5-6,9H2,1-4H3. The van der Waals surface area contributed by atoms with Gasteiger partial charge in [-0.2, -0.15) is 0 Å². The molecule has 0 aliphatic rings. The predicted molar refractivity (Wildman–Crippen MR) is 71.3 cm³/mol. The van der Waals surface area contributed by atoms with E-state index in [0.29, 0.717) is 6.04 Å². The smallest absolute Gasteiger partial charge is 0.0703 e. The van der Waals surface area contributed by atoms with Crippen molar-refractivity contribution in [2.24, 2.45) is 0 Å². The SMILES string of the molecule is CCOC(C)C(Cc1ccc(CC)s1)NC. The minimum atomic E-state index is 0.266. The zero-order valence-corrected chi connectivity index (χ0v) is 11.6. The van der Waals surface area contributed by atoms with E-state index in [2.05, 4.69) is 31.3 Å². The van der Waals surface area contributed by atoms with Crippen LogP contribution in [0.4, 0.5) is 0 Å². The molecule has 1 aromatic rings. The van der Waals surface area contributed by atoms with Crippen LogP contribution in [0.5, 0.6) is 0 Å². The zero-order chi connectivity index (χ0) is 12.0. The molecule has 0 aromatic carbocycles. The Labute approximate surface area is 103 Å². The molecule has 1 aromatic heterocycles. The molecule has 1 rings (SSSR count). The second kappa shape index (κ2) is 7.05. The molecular formula is C13H23NOS. The molecular weight excluding hydrogens is 218 g/mol.